The third kappa shape index (κ3) is 1.99. The van der Waals surface area contributed by atoms with Gasteiger partial charge in [-0.05, 0) is 28.5 Å². The zero-order valence-corrected chi connectivity index (χ0v) is 8.60. The second-order valence-electron chi connectivity index (χ2n) is 2.42. The summed E-state index contributed by atoms with van der Waals surface area (Å²) in [4.78, 5) is 0. The minimum atomic E-state index is 0.170. The van der Waals surface area contributed by atoms with Gasteiger partial charge in [0, 0.05) is 5.56 Å². The zero-order chi connectivity index (χ0) is 8.97. The summed E-state index contributed by atoms with van der Waals surface area (Å²) < 4.78 is 5.89. The molecule has 0 spiro atoms. The van der Waals surface area contributed by atoms with E-state index in [1.807, 2.05) is 12.1 Å². The Balaban J connectivity index is 2.79. The van der Waals surface area contributed by atoms with Gasteiger partial charge in [0.05, 0.1) is 12.3 Å². The van der Waals surface area contributed by atoms with Gasteiger partial charge >= 0.3 is 0 Å². The van der Waals surface area contributed by atoms with Gasteiger partial charge in [-0.15, -0.1) is 6.58 Å². The van der Waals surface area contributed by atoms with Crippen molar-refractivity contribution in [1.29, 1.82) is 0 Å². The summed E-state index contributed by atoms with van der Waals surface area (Å²) in [6.07, 6.45) is 3.52. The molecule has 0 saturated carbocycles. The Morgan fingerprint density at radius 2 is 2.58 bits per heavy atom. The van der Waals surface area contributed by atoms with Crippen molar-refractivity contribution >= 4 is 15.9 Å². The van der Waals surface area contributed by atoms with Crippen molar-refractivity contribution in [1.82, 2.24) is 5.32 Å². The van der Waals surface area contributed by atoms with E-state index >= 15 is 0 Å². The Kier molecular flexibility index (Phi) is 3.56. The van der Waals surface area contributed by atoms with Gasteiger partial charge in [-0.25, -0.2) is 0 Å². The summed E-state index contributed by atoms with van der Waals surface area (Å²) >= 11 is 3.32. The second-order valence-corrected chi connectivity index (χ2v) is 3.14. The highest BCUT2D eigenvalue weighted by atomic mass is 79.9. The van der Waals surface area contributed by atoms with E-state index < -0.39 is 0 Å². The highest BCUT2D eigenvalue weighted by Gasteiger charge is 2.11. The van der Waals surface area contributed by atoms with Crippen LogP contribution in [-0.2, 0) is 0 Å². The summed E-state index contributed by atoms with van der Waals surface area (Å²) in [5.74, 6) is 0. The van der Waals surface area contributed by atoms with E-state index in [4.69, 9.17) is 4.42 Å². The molecule has 0 aliphatic rings. The molecule has 0 bridgehead atoms. The van der Waals surface area contributed by atoms with Gasteiger partial charge in [-0.1, -0.05) is 13.0 Å². The standard InChI is InChI=1S/C9H12BrNO/c1-3-8(11-4-2)7-5-6-12-9(7)10/h3,5-6,8,11H,1,4H2,2H3. The number of likely N-dealkylation sites (N-methyl/N-ethyl adjacent to an activating group) is 1. The predicted molar refractivity (Wildman–Crippen MR) is 53.0 cm³/mol. The first-order valence-corrected chi connectivity index (χ1v) is 4.67. The Labute approximate surface area is 80.8 Å². The molecule has 0 saturated heterocycles. The lowest BCUT2D eigenvalue weighted by Crippen LogP contribution is -2.18. The lowest BCUT2D eigenvalue weighted by atomic mass is 10.1. The maximum Gasteiger partial charge on any atom is 0.174 e. The van der Waals surface area contributed by atoms with Crippen LogP contribution in [-0.4, -0.2) is 6.54 Å². The molecule has 66 valence electrons. The van der Waals surface area contributed by atoms with Crippen LogP contribution in [0.5, 0.6) is 0 Å². The van der Waals surface area contributed by atoms with Crippen LogP contribution in [0, 0.1) is 0 Å². The highest BCUT2D eigenvalue weighted by molar-refractivity contribution is 9.10. The van der Waals surface area contributed by atoms with Crippen molar-refractivity contribution in [2.75, 3.05) is 6.54 Å². The van der Waals surface area contributed by atoms with Crippen molar-refractivity contribution < 1.29 is 4.42 Å². The molecule has 2 nitrogen and oxygen atoms in total. The summed E-state index contributed by atoms with van der Waals surface area (Å²) in [6.45, 7) is 6.72. The maximum absolute atomic E-state index is 5.12. The first kappa shape index (κ1) is 9.55. The van der Waals surface area contributed by atoms with Crippen LogP contribution in [0.25, 0.3) is 0 Å². The molecule has 1 aromatic rings. The van der Waals surface area contributed by atoms with Crippen molar-refractivity contribution in [2.45, 2.75) is 13.0 Å². The van der Waals surface area contributed by atoms with Gasteiger partial charge in [0.2, 0.25) is 0 Å². The van der Waals surface area contributed by atoms with E-state index in [1.165, 1.54) is 0 Å². The maximum atomic E-state index is 5.12. The Morgan fingerprint density at radius 1 is 1.83 bits per heavy atom. The zero-order valence-electron chi connectivity index (χ0n) is 7.01. The van der Waals surface area contributed by atoms with E-state index in [2.05, 4.69) is 34.7 Å². The molecule has 0 aliphatic carbocycles. The average molecular weight is 230 g/mol. The molecule has 0 aromatic carbocycles. The van der Waals surface area contributed by atoms with Crippen LogP contribution in [0.4, 0.5) is 0 Å². The Bertz CT molecular complexity index is 257. The molecular weight excluding hydrogens is 218 g/mol. The van der Waals surface area contributed by atoms with Gasteiger partial charge in [0.1, 0.15) is 0 Å². The molecule has 0 fully saturated rings. The fourth-order valence-corrected chi connectivity index (χ4v) is 1.55. The van der Waals surface area contributed by atoms with Gasteiger partial charge < -0.3 is 9.73 Å². The number of hydrogen-bond acceptors (Lipinski definition) is 2. The normalized spacial score (nSPS) is 12.8. The molecule has 1 atom stereocenters. The molecule has 3 heteroatoms. The van der Waals surface area contributed by atoms with E-state index in [9.17, 15) is 0 Å². The summed E-state index contributed by atoms with van der Waals surface area (Å²) in [5.41, 5.74) is 1.09. The lowest BCUT2D eigenvalue weighted by molar-refractivity contribution is 0.528. The van der Waals surface area contributed by atoms with Crippen molar-refractivity contribution in [2.24, 2.45) is 0 Å². The first-order valence-electron chi connectivity index (χ1n) is 3.88. The molecule has 1 unspecified atom stereocenters. The van der Waals surface area contributed by atoms with Crippen LogP contribution in [0.1, 0.15) is 18.5 Å². The largest absolute Gasteiger partial charge is 0.457 e. The average Bonchev–Trinajstić information content (AvgIpc) is 2.47. The fraction of sp³-hybridized carbons (Fsp3) is 0.333. The summed E-state index contributed by atoms with van der Waals surface area (Å²) in [5, 5.41) is 3.27. The van der Waals surface area contributed by atoms with Gasteiger partial charge in [0.15, 0.2) is 4.67 Å². The molecular formula is C9H12BrNO. The molecule has 1 rings (SSSR count). The minimum absolute atomic E-state index is 0.170. The van der Waals surface area contributed by atoms with E-state index in [0.29, 0.717) is 0 Å². The highest BCUT2D eigenvalue weighted by Crippen LogP contribution is 2.24. The first-order chi connectivity index (χ1) is 5.79. The molecule has 1 aromatic heterocycles. The van der Waals surface area contributed by atoms with E-state index in [1.54, 1.807) is 6.26 Å². The van der Waals surface area contributed by atoms with Gasteiger partial charge in [-0.2, -0.15) is 0 Å². The Hall–Kier alpha value is -0.540. The van der Waals surface area contributed by atoms with E-state index in [-0.39, 0.29) is 6.04 Å². The molecule has 1 N–H and O–H groups in total. The molecule has 0 radical (unpaired) electrons. The quantitative estimate of drug-likeness (QED) is 0.804. The van der Waals surface area contributed by atoms with Crippen LogP contribution in [0.3, 0.4) is 0 Å². The van der Waals surface area contributed by atoms with E-state index in [0.717, 1.165) is 16.8 Å². The SMILES string of the molecule is C=CC(NCC)c1ccoc1Br. The second kappa shape index (κ2) is 4.48. The molecule has 12 heavy (non-hydrogen) atoms. The third-order valence-corrected chi connectivity index (χ3v) is 2.29. The smallest absolute Gasteiger partial charge is 0.174 e. The lowest BCUT2D eigenvalue weighted by Gasteiger charge is -2.10. The summed E-state index contributed by atoms with van der Waals surface area (Å²) in [6, 6.07) is 2.10. The van der Waals surface area contributed by atoms with Crippen molar-refractivity contribution in [3.05, 3.63) is 35.2 Å². The molecule has 0 amide bonds. The predicted octanol–water partition coefficient (Wildman–Crippen LogP) is 2.88. The molecule has 0 aliphatic heterocycles. The molecule has 1 heterocycles. The monoisotopic (exact) mass is 229 g/mol. The van der Waals surface area contributed by atoms with Gasteiger partial charge in [0.25, 0.3) is 0 Å². The topological polar surface area (TPSA) is 25.2 Å². The van der Waals surface area contributed by atoms with Crippen molar-refractivity contribution in [3.8, 4) is 0 Å². The number of hydrogen-bond donors (Lipinski definition) is 1. The minimum Gasteiger partial charge on any atom is -0.457 e. The van der Waals surface area contributed by atoms with Crippen molar-refractivity contribution in [3.63, 3.8) is 0 Å². The van der Waals surface area contributed by atoms with Crippen LogP contribution in [0.2, 0.25) is 0 Å². The fourth-order valence-electron chi connectivity index (χ4n) is 1.07. The number of nitrogens with one attached hydrogen (secondary N) is 1. The Morgan fingerprint density at radius 3 is 3.00 bits per heavy atom. The number of rotatable bonds is 4. The van der Waals surface area contributed by atoms with Gasteiger partial charge in [-0.3, -0.25) is 0 Å². The van der Waals surface area contributed by atoms with Crippen LogP contribution >= 0.6 is 15.9 Å². The number of furan rings is 1. The van der Waals surface area contributed by atoms with Crippen LogP contribution < -0.4 is 5.32 Å². The van der Waals surface area contributed by atoms with Crippen LogP contribution in [0.15, 0.2) is 34.1 Å². The summed E-state index contributed by atoms with van der Waals surface area (Å²) in [7, 11) is 0. The number of halogens is 1. The third-order valence-electron chi connectivity index (χ3n) is 1.64.